The van der Waals surface area contributed by atoms with Crippen molar-refractivity contribution >= 4 is 34.0 Å². The fourth-order valence-corrected chi connectivity index (χ4v) is 3.51. The first-order valence-corrected chi connectivity index (χ1v) is 10.5. The smallest absolute Gasteiger partial charge is 0.253 e. The van der Waals surface area contributed by atoms with Gasteiger partial charge in [-0.2, -0.15) is 0 Å². The number of nitrogens with one attached hydrogen (secondary N) is 2. The van der Waals surface area contributed by atoms with E-state index < -0.39 is 0 Å². The minimum absolute atomic E-state index is 0.0301. The molecule has 0 aliphatic carbocycles. The summed E-state index contributed by atoms with van der Waals surface area (Å²) >= 11 is 0. The molecular formula is C25H29N3O2. The number of nitrogens with zero attached hydrogens (tertiary/aromatic N) is 1. The van der Waals surface area contributed by atoms with Crippen LogP contribution in [0.4, 0.5) is 11.4 Å². The van der Waals surface area contributed by atoms with Crippen molar-refractivity contribution < 1.29 is 9.59 Å². The lowest BCUT2D eigenvalue weighted by atomic mass is 10.1. The molecule has 0 aliphatic heterocycles. The number of benzene rings is 3. The number of rotatable bonds is 9. The van der Waals surface area contributed by atoms with E-state index in [2.05, 4.69) is 24.5 Å². The highest BCUT2D eigenvalue weighted by Gasteiger charge is 2.14. The Labute approximate surface area is 178 Å². The van der Waals surface area contributed by atoms with Gasteiger partial charge in [0.1, 0.15) is 0 Å². The molecule has 5 nitrogen and oxygen atoms in total. The zero-order valence-electron chi connectivity index (χ0n) is 17.7. The third kappa shape index (κ3) is 5.38. The SMILES string of the molecule is CCCN(CCC)C(=O)c1cccc(NCC(=O)Nc2cccc3ccccc23)c1. The van der Waals surface area contributed by atoms with Crippen LogP contribution in [-0.2, 0) is 4.79 Å². The lowest BCUT2D eigenvalue weighted by Crippen LogP contribution is -2.32. The van der Waals surface area contributed by atoms with E-state index in [0.717, 1.165) is 48.1 Å². The Morgan fingerprint density at radius 3 is 2.33 bits per heavy atom. The van der Waals surface area contributed by atoms with Crippen molar-refractivity contribution in [3.05, 3.63) is 72.3 Å². The zero-order chi connectivity index (χ0) is 21.3. The van der Waals surface area contributed by atoms with Gasteiger partial charge in [0, 0.05) is 35.4 Å². The molecular weight excluding hydrogens is 374 g/mol. The molecule has 0 saturated heterocycles. The number of amides is 2. The molecule has 0 atom stereocenters. The molecule has 30 heavy (non-hydrogen) atoms. The zero-order valence-corrected chi connectivity index (χ0v) is 17.7. The second-order valence-corrected chi connectivity index (χ2v) is 7.30. The number of anilines is 2. The average molecular weight is 404 g/mol. The van der Waals surface area contributed by atoms with Crippen LogP contribution < -0.4 is 10.6 Å². The van der Waals surface area contributed by atoms with Crippen molar-refractivity contribution in [1.82, 2.24) is 4.90 Å². The van der Waals surface area contributed by atoms with Crippen LogP contribution in [0.1, 0.15) is 37.0 Å². The molecule has 2 amide bonds. The minimum Gasteiger partial charge on any atom is -0.376 e. The largest absolute Gasteiger partial charge is 0.376 e. The standard InChI is InChI=1S/C25H29N3O2/c1-3-15-28(16-4-2)25(30)20-11-7-12-21(17-20)26-18-24(29)27-23-14-8-10-19-9-5-6-13-22(19)23/h5-14,17,26H,3-4,15-16,18H2,1-2H3,(H,27,29). The van der Waals surface area contributed by atoms with Crippen LogP contribution in [0, 0.1) is 0 Å². The quantitative estimate of drug-likeness (QED) is 0.519. The van der Waals surface area contributed by atoms with Crippen molar-refractivity contribution in [3.63, 3.8) is 0 Å². The van der Waals surface area contributed by atoms with Crippen LogP contribution >= 0.6 is 0 Å². The van der Waals surface area contributed by atoms with E-state index in [9.17, 15) is 9.59 Å². The number of carbonyl (C=O) groups excluding carboxylic acids is 2. The van der Waals surface area contributed by atoms with Gasteiger partial charge in [0.25, 0.3) is 5.91 Å². The van der Waals surface area contributed by atoms with Crippen LogP contribution in [0.5, 0.6) is 0 Å². The van der Waals surface area contributed by atoms with E-state index in [4.69, 9.17) is 0 Å². The van der Waals surface area contributed by atoms with E-state index in [0.29, 0.717) is 5.56 Å². The van der Waals surface area contributed by atoms with E-state index >= 15 is 0 Å². The lowest BCUT2D eigenvalue weighted by Gasteiger charge is -2.21. The third-order valence-corrected chi connectivity index (χ3v) is 4.90. The Morgan fingerprint density at radius 2 is 1.57 bits per heavy atom. The van der Waals surface area contributed by atoms with E-state index in [-0.39, 0.29) is 18.4 Å². The predicted molar refractivity (Wildman–Crippen MR) is 124 cm³/mol. The summed E-state index contributed by atoms with van der Waals surface area (Å²) in [5.41, 5.74) is 2.18. The fraction of sp³-hybridized carbons (Fsp3) is 0.280. The van der Waals surface area contributed by atoms with Gasteiger partial charge in [-0.1, -0.05) is 56.3 Å². The summed E-state index contributed by atoms with van der Waals surface area (Å²) in [5, 5.41) is 8.18. The van der Waals surface area contributed by atoms with Crippen LogP contribution in [0.3, 0.4) is 0 Å². The highest BCUT2D eigenvalue weighted by Crippen LogP contribution is 2.23. The molecule has 3 aromatic carbocycles. The maximum absolute atomic E-state index is 12.8. The maximum atomic E-state index is 12.8. The van der Waals surface area contributed by atoms with Crippen LogP contribution in [0.2, 0.25) is 0 Å². The topological polar surface area (TPSA) is 61.4 Å². The van der Waals surface area contributed by atoms with Crippen molar-refractivity contribution in [3.8, 4) is 0 Å². The van der Waals surface area contributed by atoms with Crippen molar-refractivity contribution in [2.24, 2.45) is 0 Å². The Bertz CT molecular complexity index is 1000. The molecule has 0 aromatic heterocycles. The highest BCUT2D eigenvalue weighted by atomic mass is 16.2. The number of hydrogen-bond acceptors (Lipinski definition) is 3. The summed E-state index contributed by atoms with van der Waals surface area (Å²) in [6.45, 7) is 5.76. The lowest BCUT2D eigenvalue weighted by molar-refractivity contribution is -0.114. The van der Waals surface area contributed by atoms with Crippen molar-refractivity contribution in [2.75, 3.05) is 30.3 Å². The molecule has 0 bridgehead atoms. The van der Waals surface area contributed by atoms with Gasteiger partial charge in [-0.15, -0.1) is 0 Å². The van der Waals surface area contributed by atoms with Crippen molar-refractivity contribution in [1.29, 1.82) is 0 Å². The summed E-state index contributed by atoms with van der Waals surface area (Å²) in [6, 6.07) is 21.1. The van der Waals surface area contributed by atoms with Gasteiger partial charge in [0.05, 0.1) is 6.54 Å². The van der Waals surface area contributed by atoms with Gasteiger partial charge in [0.15, 0.2) is 0 Å². The average Bonchev–Trinajstić information content (AvgIpc) is 2.77. The number of hydrogen-bond donors (Lipinski definition) is 2. The monoisotopic (exact) mass is 403 g/mol. The van der Waals surface area contributed by atoms with Crippen molar-refractivity contribution in [2.45, 2.75) is 26.7 Å². The Balaban J connectivity index is 1.63. The predicted octanol–water partition coefficient (Wildman–Crippen LogP) is 5.15. The second-order valence-electron chi connectivity index (χ2n) is 7.30. The molecule has 0 saturated carbocycles. The Morgan fingerprint density at radius 1 is 0.867 bits per heavy atom. The third-order valence-electron chi connectivity index (χ3n) is 4.90. The van der Waals surface area contributed by atoms with Crippen LogP contribution in [0.25, 0.3) is 10.8 Å². The maximum Gasteiger partial charge on any atom is 0.253 e. The summed E-state index contributed by atoms with van der Waals surface area (Å²) in [5.74, 6) is -0.107. The molecule has 0 spiro atoms. The summed E-state index contributed by atoms with van der Waals surface area (Å²) < 4.78 is 0. The molecule has 5 heteroatoms. The molecule has 2 N–H and O–H groups in total. The van der Waals surface area contributed by atoms with E-state index in [1.807, 2.05) is 71.6 Å². The van der Waals surface area contributed by atoms with Gasteiger partial charge < -0.3 is 15.5 Å². The first-order valence-electron chi connectivity index (χ1n) is 10.5. The molecule has 0 aliphatic rings. The van der Waals surface area contributed by atoms with Gasteiger partial charge >= 0.3 is 0 Å². The molecule has 0 heterocycles. The molecule has 0 radical (unpaired) electrons. The molecule has 3 aromatic rings. The second kappa shape index (κ2) is 10.4. The van der Waals surface area contributed by atoms with E-state index in [1.54, 1.807) is 0 Å². The normalized spacial score (nSPS) is 10.6. The van der Waals surface area contributed by atoms with Gasteiger partial charge in [0.2, 0.25) is 5.91 Å². The van der Waals surface area contributed by atoms with Gasteiger partial charge in [-0.3, -0.25) is 9.59 Å². The number of fused-ring (bicyclic) bond motifs is 1. The van der Waals surface area contributed by atoms with E-state index in [1.165, 1.54) is 0 Å². The first kappa shape index (κ1) is 21.4. The number of carbonyl (C=O) groups is 2. The van der Waals surface area contributed by atoms with Crippen LogP contribution in [-0.4, -0.2) is 36.3 Å². The Hall–Kier alpha value is -3.34. The fourth-order valence-electron chi connectivity index (χ4n) is 3.51. The molecule has 0 fully saturated rings. The molecule has 156 valence electrons. The highest BCUT2D eigenvalue weighted by molar-refractivity contribution is 6.03. The summed E-state index contributed by atoms with van der Waals surface area (Å²) in [4.78, 5) is 27.2. The Kier molecular flexibility index (Phi) is 7.44. The molecule has 3 rings (SSSR count). The summed E-state index contributed by atoms with van der Waals surface area (Å²) in [6.07, 6.45) is 1.86. The molecule has 0 unspecified atom stereocenters. The first-order chi connectivity index (χ1) is 14.6. The van der Waals surface area contributed by atoms with Gasteiger partial charge in [-0.05, 0) is 42.5 Å². The van der Waals surface area contributed by atoms with Crippen LogP contribution in [0.15, 0.2) is 66.7 Å². The minimum atomic E-state index is -0.137. The summed E-state index contributed by atoms with van der Waals surface area (Å²) in [7, 11) is 0. The van der Waals surface area contributed by atoms with Gasteiger partial charge in [-0.25, -0.2) is 0 Å².